The first-order valence-electron chi connectivity index (χ1n) is 5.45. The molecule has 0 fully saturated rings. The van der Waals surface area contributed by atoms with Crippen LogP contribution in [0.1, 0.15) is 6.42 Å². The number of hydrogen-bond donors (Lipinski definition) is 0. The van der Waals surface area contributed by atoms with Crippen molar-refractivity contribution in [2.75, 3.05) is 0 Å². The highest BCUT2D eigenvalue weighted by Gasteiger charge is 2.03. The third kappa shape index (κ3) is 2.94. The van der Waals surface area contributed by atoms with E-state index in [9.17, 15) is 4.79 Å². The van der Waals surface area contributed by atoms with Gasteiger partial charge in [0.15, 0.2) is 0 Å². The lowest BCUT2D eigenvalue weighted by molar-refractivity contribution is -0.133. The van der Waals surface area contributed by atoms with Gasteiger partial charge in [-0.2, -0.15) is 0 Å². The van der Waals surface area contributed by atoms with Crippen LogP contribution in [0, 0.1) is 6.92 Å². The maximum Gasteiger partial charge on any atom is 0.311 e. The summed E-state index contributed by atoms with van der Waals surface area (Å²) in [5.41, 5.74) is 2.12. The first-order valence-corrected chi connectivity index (χ1v) is 5.45. The van der Waals surface area contributed by atoms with Crippen LogP contribution < -0.4 is 4.74 Å². The molecule has 0 aliphatic heterocycles. The lowest BCUT2D eigenvalue weighted by atomic mass is 10.1. The number of esters is 1. The average Bonchev–Trinajstić information content (AvgIpc) is 2.40. The molecule has 2 aromatic carbocycles. The zero-order valence-corrected chi connectivity index (χ0v) is 9.43. The van der Waals surface area contributed by atoms with Crippen LogP contribution >= 0.6 is 0 Å². The third-order valence-electron chi connectivity index (χ3n) is 2.38. The number of carbonyl (C=O) groups excluding carboxylic acids is 1. The van der Waals surface area contributed by atoms with Gasteiger partial charge in [-0.05, 0) is 30.2 Å². The Hall–Kier alpha value is -2.09. The zero-order valence-electron chi connectivity index (χ0n) is 9.43. The van der Waals surface area contributed by atoms with Gasteiger partial charge in [-0.25, -0.2) is 0 Å². The average molecular weight is 225 g/mol. The largest absolute Gasteiger partial charge is 0.427 e. The van der Waals surface area contributed by atoms with Crippen LogP contribution in [0.4, 0.5) is 0 Å². The highest BCUT2D eigenvalue weighted by molar-refractivity contribution is 5.74. The molecule has 0 unspecified atom stereocenters. The van der Waals surface area contributed by atoms with Crippen molar-refractivity contribution in [3.05, 3.63) is 61.5 Å². The van der Waals surface area contributed by atoms with Crippen molar-refractivity contribution >= 4 is 5.97 Å². The van der Waals surface area contributed by atoms with Gasteiger partial charge in [0.2, 0.25) is 0 Å². The Morgan fingerprint density at radius 3 is 2.41 bits per heavy atom. The van der Waals surface area contributed by atoms with Crippen LogP contribution in [0.5, 0.6) is 5.75 Å². The van der Waals surface area contributed by atoms with Crippen molar-refractivity contribution in [3.63, 3.8) is 0 Å². The summed E-state index contributed by atoms with van der Waals surface area (Å²) in [5.74, 6) is 0.232. The van der Waals surface area contributed by atoms with Crippen molar-refractivity contribution in [1.82, 2.24) is 0 Å². The molecule has 0 aliphatic carbocycles. The van der Waals surface area contributed by atoms with Crippen LogP contribution in [0.15, 0.2) is 54.6 Å². The minimum absolute atomic E-state index is 0.134. The summed E-state index contributed by atoms with van der Waals surface area (Å²) in [6.45, 7) is 3.49. The number of carbonyl (C=O) groups is 1. The van der Waals surface area contributed by atoms with Crippen molar-refractivity contribution in [3.8, 4) is 16.9 Å². The Balaban J connectivity index is 2.26. The molecule has 0 bridgehead atoms. The van der Waals surface area contributed by atoms with E-state index in [-0.39, 0.29) is 12.4 Å². The molecule has 0 heterocycles. The predicted molar refractivity (Wildman–Crippen MR) is 67.5 cm³/mol. The van der Waals surface area contributed by atoms with Crippen molar-refractivity contribution < 1.29 is 9.53 Å². The van der Waals surface area contributed by atoms with E-state index in [2.05, 4.69) is 6.92 Å². The van der Waals surface area contributed by atoms with Gasteiger partial charge < -0.3 is 4.74 Å². The molecule has 0 amide bonds. The van der Waals surface area contributed by atoms with Gasteiger partial charge in [-0.15, -0.1) is 0 Å². The van der Waals surface area contributed by atoms with Crippen LogP contribution in [0.2, 0.25) is 0 Å². The second-order valence-corrected chi connectivity index (χ2v) is 3.62. The predicted octanol–water partition coefficient (Wildman–Crippen LogP) is 3.48. The summed E-state index contributed by atoms with van der Waals surface area (Å²) in [4.78, 5) is 11.1. The fourth-order valence-electron chi connectivity index (χ4n) is 1.55. The van der Waals surface area contributed by atoms with Gasteiger partial charge in [0.25, 0.3) is 0 Å². The molecule has 85 valence electrons. The second-order valence-electron chi connectivity index (χ2n) is 3.62. The minimum atomic E-state index is -0.324. The quantitative estimate of drug-likeness (QED) is 0.590. The van der Waals surface area contributed by atoms with Crippen molar-refractivity contribution in [2.45, 2.75) is 6.42 Å². The van der Waals surface area contributed by atoms with Gasteiger partial charge in [0.05, 0.1) is 0 Å². The minimum Gasteiger partial charge on any atom is -0.427 e. The van der Waals surface area contributed by atoms with Gasteiger partial charge in [-0.1, -0.05) is 42.5 Å². The Labute approximate surface area is 101 Å². The normalized spacial score (nSPS) is 9.94. The van der Waals surface area contributed by atoms with E-state index < -0.39 is 0 Å². The van der Waals surface area contributed by atoms with Gasteiger partial charge in [0.1, 0.15) is 5.75 Å². The summed E-state index contributed by atoms with van der Waals surface area (Å²) >= 11 is 0. The van der Waals surface area contributed by atoms with E-state index in [1.54, 1.807) is 6.07 Å². The molecule has 0 N–H and O–H groups in total. The number of benzene rings is 2. The molecule has 0 atom stereocenters. The third-order valence-corrected chi connectivity index (χ3v) is 2.38. The smallest absolute Gasteiger partial charge is 0.311 e. The maximum atomic E-state index is 11.1. The molecule has 2 nitrogen and oxygen atoms in total. The van der Waals surface area contributed by atoms with Gasteiger partial charge >= 0.3 is 5.97 Å². The summed E-state index contributed by atoms with van der Waals surface area (Å²) in [7, 11) is 0. The molecule has 0 saturated heterocycles. The fourth-order valence-corrected chi connectivity index (χ4v) is 1.55. The summed E-state index contributed by atoms with van der Waals surface area (Å²) in [6, 6.07) is 17.4. The Morgan fingerprint density at radius 1 is 1.00 bits per heavy atom. The molecule has 2 heteroatoms. The first-order chi connectivity index (χ1) is 8.29. The molecule has 1 radical (unpaired) electrons. The summed E-state index contributed by atoms with van der Waals surface area (Å²) in [5, 5.41) is 0. The van der Waals surface area contributed by atoms with Gasteiger partial charge in [-0.3, -0.25) is 4.79 Å². The van der Waals surface area contributed by atoms with Crippen LogP contribution in [-0.2, 0) is 4.79 Å². The lowest BCUT2D eigenvalue weighted by Gasteiger charge is -2.05. The maximum absolute atomic E-state index is 11.1. The molecule has 0 aromatic heterocycles. The Bertz CT molecular complexity index is 503. The number of ether oxygens (including phenoxy) is 1. The monoisotopic (exact) mass is 225 g/mol. The van der Waals surface area contributed by atoms with Crippen molar-refractivity contribution in [1.29, 1.82) is 0 Å². The van der Waals surface area contributed by atoms with E-state index >= 15 is 0 Å². The van der Waals surface area contributed by atoms with E-state index in [1.165, 1.54) is 0 Å². The molecular formula is C15H13O2. The number of rotatable bonds is 3. The van der Waals surface area contributed by atoms with Crippen LogP contribution in [0.25, 0.3) is 11.1 Å². The van der Waals surface area contributed by atoms with E-state index in [1.807, 2.05) is 48.5 Å². The highest BCUT2D eigenvalue weighted by Crippen LogP contribution is 2.23. The lowest BCUT2D eigenvalue weighted by Crippen LogP contribution is -2.05. The Morgan fingerprint density at radius 2 is 1.71 bits per heavy atom. The molecular weight excluding hydrogens is 212 g/mol. The summed E-state index contributed by atoms with van der Waals surface area (Å²) in [6.07, 6.45) is 0.134. The molecule has 2 rings (SSSR count). The van der Waals surface area contributed by atoms with Gasteiger partial charge in [0, 0.05) is 6.42 Å². The zero-order chi connectivity index (χ0) is 12.1. The number of hydrogen-bond acceptors (Lipinski definition) is 2. The van der Waals surface area contributed by atoms with E-state index in [4.69, 9.17) is 4.74 Å². The molecule has 0 spiro atoms. The summed E-state index contributed by atoms with van der Waals surface area (Å²) < 4.78 is 5.12. The van der Waals surface area contributed by atoms with E-state index in [0.717, 1.165) is 11.1 Å². The van der Waals surface area contributed by atoms with Crippen LogP contribution in [0.3, 0.4) is 0 Å². The van der Waals surface area contributed by atoms with Crippen LogP contribution in [-0.4, -0.2) is 5.97 Å². The molecule has 0 saturated carbocycles. The second kappa shape index (κ2) is 5.30. The molecule has 0 aliphatic rings. The highest BCUT2D eigenvalue weighted by atomic mass is 16.5. The Kier molecular flexibility index (Phi) is 3.55. The first kappa shape index (κ1) is 11.4. The molecule has 17 heavy (non-hydrogen) atoms. The standard InChI is InChI=1S/C15H13O2/c1-2-15(16)17-14-10-6-9-13(11-14)12-7-4-3-5-8-12/h3-11H,1-2H2. The fraction of sp³-hybridized carbons (Fsp3) is 0.0667. The SMILES string of the molecule is [CH2]CC(=O)Oc1cccc(-c2ccccc2)c1. The molecule has 2 aromatic rings. The topological polar surface area (TPSA) is 26.3 Å². The van der Waals surface area contributed by atoms with E-state index in [0.29, 0.717) is 5.75 Å². The van der Waals surface area contributed by atoms with Crippen molar-refractivity contribution in [2.24, 2.45) is 0 Å².